The summed E-state index contributed by atoms with van der Waals surface area (Å²) in [6, 6.07) is 58.0. The molecular weight excluding hydrogens is 889 g/mol. The van der Waals surface area contributed by atoms with Crippen molar-refractivity contribution in [1.29, 1.82) is 10.5 Å². The smallest absolute Gasteiger partial charge is 0.0991 e. The molecule has 0 saturated carbocycles. The van der Waals surface area contributed by atoms with E-state index in [1.54, 1.807) is 0 Å². The number of aryl methyl sites for hydroxylation is 4. The van der Waals surface area contributed by atoms with Crippen LogP contribution in [0.1, 0.15) is 140 Å². The van der Waals surface area contributed by atoms with E-state index in [0.717, 1.165) is 21.8 Å². The van der Waals surface area contributed by atoms with Crippen LogP contribution in [0.5, 0.6) is 0 Å². The van der Waals surface area contributed by atoms with Crippen LogP contribution in [0.15, 0.2) is 152 Å². The molecule has 0 N–H and O–H groups in total. The number of para-hydroxylation sites is 2. The topological polar surface area (TPSA) is 67.3 Å². The van der Waals surface area contributed by atoms with E-state index in [4.69, 9.17) is 10.5 Å². The lowest BCUT2D eigenvalue weighted by atomic mass is 9.87. The average Bonchev–Trinajstić information content (AvgIpc) is 4.14. The van der Waals surface area contributed by atoms with Crippen LogP contribution in [-0.4, -0.2) is 18.3 Å². The van der Waals surface area contributed by atoms with Gasteiger partial charge in [0.2, 0.25) is 0 Å². The van der Waals surface area contributed by atoms with Gasteiger partial charge in [0.05, 0.1) is 28.8 Å². The molecular formula is C67H74N6. The van der Waals surface area contributed by atoms with Crippen molar-refractivity contribution in [3.63, 3.8) is 0 Å². The van der Waals surface area contributed by atoms with Crippen molar-refractivity contribution in [1.82, 2.24) is 18.3 Å². The lowest BCUT2D eigenvalue weighted by Gasteiger charge is -2.27. The Balaban J connectivity index is 0.000000143. The Bertz CT molecular complexity index is 3530. The molecule has 0 atom stereocenters. The lowest BCUT2D eigenvalue weighted by Crippen LogP contribution is -2.23. The number of fused-ring (bicyclic) bond motifs is 9. The second-order valence-corrected chi connectivity index (χ2v) is 23.8. The van der Waals surface area contributed by atoms with Gasteiger partial charge >= 0.3 is 0 Å². The van der Waals surface area contributed by atoms with Gasteiger partial charge in [0.25, 0.3) is 0 Å². The van der Waals surface area contributed by atoms with Crippen LogP contribution >= 0.6 is 0 Å². The minimum Gasteiger partial charge on any atom is -0.344 e. The van der Waals surface area contributed by atoms with Crippen molar-refractivity contribution in [3.05, 3.63) is 202 Å². The Morgan fingerprint density at radius 1 is 0.342 bits per heavy atom. The molecule has 10 aromatic rings. The number of rotatable bonds is 1. The number of nitriles is 2. The van der Waals surface area contributed by atoms with E-state index in [-0.39, 0.29) is 28.1 Å². The minimum atomic E-state index is -0.0810. The van der Waals surface area contributed by atoms with E-state index < -0.39 is 0 Å². The Kier molecular flexibility index (Phi) is 13.8. The lowest BCUT2D eigenvalue weighted by molar-refractivity contribution is 0.383. The fourth-order valence-electron chi connectivity index (χ4n) is 11.8. The maximum atomic E-state index is 9.13. The fourth-order valence-corrected chi connectivity index (χ4v) is 11.8. The van der Waals surface area contributed by atoms with E-state index in [2.05, 4.69) is 256 Å². The van der Waals surface area contributed by atoms with Crippen LogP contribution in [0.2, 0.25) is 0 Å². The SMILES string of the molecule is CC(C)(C)n1c2ccc(C#N)cc2c2cc(C#N)ccc21.CC(C)(C)n1c2ccccc2c2cccc(C3c4ccccc4-c4ccccc43)c21.Cc1ccc(C)n1C(C)(C)C.Cc1ccc(C)n1C(C)(C)C. The summed E-state index contributed by atoms with van der Waals surface area (Å²) < 4.78 is 9.52. The van der Waals surface area contributed by atoms with Gasteiger partial charge in [0.1, 0.15) is 0 Å². The second kappa shape index (κ2) is 19.5. The number of hydrogen-bond acceptors (Lipinski definition) is 2. The minimum absolute atomic E-state index is 0.0188. The number of nitrogens with zero attached hydrogens (tertiary/aromatic N) is 6. The standard InChI is InChI=1S/C29H25N.C18H15N3.2C10H17N/c1-29(2,3)30-26-18-9-8-13-21(26)24-16-10-17-25(28(24)30)27-22-14-6-4-11-19(22)20-12-5-7-15-23(20)27;1-18(2,3)21-16-6-4-12(10-19)8-14(16)15-9-13(11-20)5-7-17(15)21;2*1-8-6-7-9(2)11(8)10(3,4)5/h4-18,27H,1-3H3;4-9H,1-3H3;2*6-7H,1-5H3. The highest BCUT2D eigenvalue weighted by Gasteiger charge is 2.33. The van der Waals surface area contributed by atoms with Crippen LogP contribution in [-0.2, 0) is 22.2 Å². The molecule has 6 aromatic carbocycles. The van der Waals surface area contributed by atoms with Crippen LogP contribution in [0.4, 0.5) is 0 Å². The Hall–Kier alpha value is -7.54. The Morgan fingerprint density at radius 3 is 1.10 bits per heavy atom. The highest BCUT2D eigenvalue weighted by atomic mass is 15.1. The molecule has 0 saturated heterocycles. The number of benzene rings is 6. The third kappa shape index (κ3) is 9.89. The quantitative estimate of drug-likeness (QED) is 0.164. The summed E-state index contributed by atoms with van der Waals surface area (Å²) in [5, 5.41) is 23.0. The van der Waals surface area contributed by atoms with Gasteiger partial charge in [-0.15, -0.1) is 0 Å². The molecule has 73 heavy (non-hydrogen) atoms. The summed E-state index contributed by atoms with van der Waals surface area (Å²) in [4.78, 5) is 0. The van der Waals surface area contributed by atoms with Gasteiger partial charge in [-0.3, -0.25) is 0 Å². The summed E-state index contributed by atoms with van der Waals surface area (Å²) in [6.45, 7) is 35.4. The molecule has 6 nitrogen and oxygen atoms in total. The van der Waals surface area contributed by atoms with Gasteiger partial charge in [-0.25, -0.2) is 0 Å². The molecule has 1 aliphatic rings. The molecule has 0 spiro atoms. The normalized spacial score (nSPS) is 12.6. The zero-order valence-corrected chi connectivity index (χ0v) is 46.2. The number of hydrogen-bond donors (Lipinski definition) is 0. The van der Waals surface area contributed by atoms with E-state index in [0.29, 0.717) is 11.1 Å². The fraction of sp³-hybridized carbons (Fsp3) is 0.313. The first-order chi connectivity index (χ1) is 34.4. The van der Waals surface area contributed by atoms with Gasteiger partial charge in [0, 0.05) is 88.9 Å². The van der Waals surface area contributed by atoms with Crippen LogP contribution < -0.4 is 0 Å². The Morgan fingerprint density at radius 2 is 0.699 bits per heavy atom. The molecule has 4 heterocycles. The first kappa shape index (κ1) is 51.8. The Labute approximate surface area is 434 Å². The predicted molar refractivity (Wildman–Crippen MR) is 309 cm³/mol. The summed E-state index contributed by atoms with van der Waals surface area (Å²) in [5.74, 6) is 0.256. The van der Waals surface area contributed by atoms with Gasteiger partial charge in [0.15, 0.2) is 0 Å². The van der Waals surface area contributed by atoms with Crippen molar-refractivity contribution in [2.45, 2.75) is 139 Å². The third-order valence-corrected chi connectivity index (χ3v) is 14.1. The average molecular weight is 963 g/mol. The predicted octanol–water partition coefficient (Wildman–Crippen LogP) is 17.7. The van der Waals surface area contributed by atoms with E-state index in [1.807, 2.05) is 36.4 Å². The van der Waals surface area contributed by atoms with Crippen molar-refractivity contribution in [2.75, 3.05) is 0 Å². The monoisotopic (exact) mass is 963 g/mol. The maximum Gasteiger partial charge on any atom is 0.0991 e. The molecule has 372 valence electrons. The van der Waals surface area contributed by atoms with Crippen LogP contribution in [0.25, 0.3) is 54.7 Å². The summed E-state index contributed by atoms with van der Waals surface area (Å²) in [6.07, 6.45) is 0. The van der Waals surface area contributed by atoms with Crippen molar-refractivity contribution >= 4 is 43.6 Å². The van der Waals surface area contributed by atoms with Crippen molar-refractivity contribution in [2.24, 2.45) is 0 Å². The van der Waals surface area contributed by atoms with Gasteiger partial charge in [-0.05, 0) is 205 Å². The molecule has 0 radical (unpaired) electrons. The highest BCUT2D eigenvalue weighted by molar-refractivity contribution is 6.10. The number of aromatic nitrogens is 4. The first-order valence-corrected chi connectivity index (χ1v) is 25.8. The molecule has 6 heteroatoms. The van der Waals surface area contributed by atoms with E-state index in [9.17, 15) is 0 Å². The van der Waals surface area contributed by atoms with Gasteiger partial charge < -0.3 is 18.3 Å². The molecule has 0 bridgehead atoms. The summed E-state index contributed by atoms with van der Waals surface area (Å²) >= 11 is 0. The largest absolute Gasteiger partial charge is 0.344 e. The van der Waals surface area contributed by atoms with Gasteiger partial charge in [-0.2, -0.15) is 10.5 Å². The van der Waals surface area contributed by atoms with Gasteiger partial charge in [-0.1, -0.05) is 84.9 Å². The first-order valence-electron chi connectivity index (χ1n) is 25.8. The highest BCUT2D eigenvalue weighted by Crippen LogP contribution is 2.50. The van der Waals surface area contributed by atoms with Crippen molar-refractivity contribution < 1.29 is 0 Å². The molecule has 4 aromatic heterocycles. The van der Waals surface area contributed by atoms with Crippen molar-refractivity contribution in [3.8, 4) is 23.3 Å². The van der Waals surface area contributed by atoms with Crippen LogP contribution in [0.3, 0.4) is 0 Å². The summed E-state index contributed by atoms with van der Waals surface area (Å²) in [7, 11) is 0. The van der Waals surface area contributed by atoms with E-state index >= 15 is 0 Å². The summed E-state index contributed by atoms with van der Waals surface area (Å²) in [5.41, 5.74) is 18.8. The molecule has 0 unspecified atom stereocenters. The second-order valence-electron chi connectivity index (χ2n) is 23.8. The zero-order valence-electron chi connectivity index (χ0n) is 46.2. The molecule has 0 amide bonds. The zero-order chi connectivity index (χ0) is 52.9. The maximum absolute atomic E-state index is 9.13. The molecule has 11 rings (SSSR count). The van der Waals surface area contributed by atoms with E-state index in [1.165, 1.54) is 72.4 Å². The molecule has 0 fully saturated rings. The van der Waals surface area contributed by atoms with Crippen LogP contribution in [0, 0.1) is 50.4 Å². The molecule has 1 aliphatic carbocycles. The third-order valence-electron chi connectivity index (χ3n) is 14.1. The molecule has 0 aliphatic heterocycles.